The topological polar surface area (TPSA) is 40.6 Å². The van der Waals surface area contributed by atoms with Gasteiger partial charge in [0, 0.05) is 25.8 Å². The van der Waals surface area contributed by atoms with Gasteiger partial charge in [-0.05, 0) is 6.07 Å². The zero-order chi connectivity index (χ0) is 14.6. The lowest BCUT2D eigenvalue weighted by Gasteiger charge is -2.43. The molecule has 1 aromatic rings. The molecule has 0 amide bonds. The molecule has 1 unspecified atom stereocenters. The highest BCUT2D eigenvalue weighted by molar-refractivity contribution is 5.75. The van der Waals surface area contributed by atoms with Gasteiger partial charge < -0.3 is 19.9 Å². The van der Waals surface area contributed by atoms with E-state index in [0.29, 0.717) is 31.3 Å². The number of piperazine rings is 1. The van der Waals surface area contributed by atoms with E-state index in [1.165, 1.54) is 6.07 Å². The molecule has 0 saturated carbocycles. The first kappa shape index (κ1) is 13.1. The van der Waals surface area contributed by atoms with Crippen LogP contribution < -0.4 is 15.1 Å². The van der Waals surface area contributed by atoms with Crippen LogP contribution in [0.25, 0.3) is 0 Å². The predicted molar refractivity (Wildman–Crippen MR) is 70.3 cm³/mol. The van der Waals surface area contributed by atoms with Gasteiger partial charge in [-0.3, -0.25) is 0 Å². The summed E-state index contributed by atoms with van der Waals surface area (Å²) in [6.07, 6.45) is -3.41. The molecule has 3 aliphatic rings. The van der Waals surface area contributed by atoms with Gasteiger partial charge >= 0.3 is 6.18 Å². The van der Waals surface area contributed by atoms with Crippen LogP contribution in [0, 0.1) is 0 Å². The fourth-order valence-electron chi connectivity index (χ4n) is 3.18. The van der Waals surface area contributed by atoms with Gasteiger partial charge in [0.1, 0.15) is 6.17 Å². The monoisotopic (exact) mass is 300 g/mol. The highest BCUT2D eigenvalue weighted by Gasteiger charge is 2.45. The number of hydrogen-bond acceptors (Lipinski definition) is 5. The summed E-state index contributed by atoms with van der Waals surface area (Å²) in [5.74, 6) is 0.654. The summed E-state index contributed by atoms with van der Waals surface area (Å²) >= 11 is 0. The van der Waals surface area contributed by atoms with Crippen LogP contribution in [0.5, 0.6) is 0 Å². The molecule has 21 heavy (non-hydrogen) atoms. The van der Waals surface area contributed by atoms with Crippen LogP contribution in [-0.2, 0) is 10.9 Å². The van der Waals surface area contributed by atoms with Gasteiger partial charge in [0.2, 0.25) is 0 Å². The molecule has 114 valence electrons. The molecule has 3 aliphatic heterocycles. The van der Waals surface area contributed by atoms with Crippen molar-refractivity contribution in [2.24, 2.45) is 0 Å². The first-order valence-electron chi connectivity index (χ1n) is 6.96. The predicted octanol–water partition coefficient (Wildman–Crippen LogP) is 1.05. The number of rotatable bonds is 1. The van der Waals surface area contributed by atoms with Gasteiger partial charge in [-0.1, -0.05) is 0 Å². The molecule has 1 aromatic heterocycles. The summed E-state index contributed by atoms with van der Waals surface area (Å²) in [6.45, 7) is 3.39. The van der Waals surface area contributed by atoms with Crippen molar-refractivity contribution in [1.82, 2.24) is 10.3 Å². The fourth-order valence-corrected chi connectivity index (χ4v) is 3.18. The Kier molecular flexibility index (Phi) is 2.80. The number of nitrogens with one attached hydrogen (secondary N) is 1. The maximum atomic E-state index is 12.9. The van der Waals surface area contributed by atoms with E-state index in [0.717, 1.165) is 19.3 Å². The number of hydrogen-bond donors (Lipinski definition) is 1. The minimum absolute atomic E-state index is 0.0265. The Bertz CT molecular complexity index is 561. The highest BCUT2D eigenvalue weighted by atomic mass is 19.4. The summed E-state index contributed by atoms with van der Waals surface area (Å²) in [5.41, 5.74) is -0.119. The van der Waals surface area contributed by atoms with Crippen molar-refractivity contribution in [3.05, 3.63) is 17.8 Å². The second kappa shape index (κ2) is 4.48. The van der Waals surface area contributed by atoms with Crippen LogP contribution in [0.15, 0.2) is 12.3 Å². The van der Waals surface area contributed by atoms with E-state index >= 15 is 0 Å². The Morgan fingerprint density at radius 1 is 1.33 bits per heavy atom. The molecular formula is C13H15F3N4O. The van der Waals surface area contributed by atoms with Crippen molar-refractivity contribution < 1.29 is 17.9 Å². The molecule has 4 rings (SSSR count). The molecule has 0 radical (unpaired) electrons. The molecule has 0 spiro atoms. The van der Waals surface area contributed by atoms with Crippen LogP contribution in [0.1, 0.15) is 5.56 Å². The summed E-state index contributed by atoms with van der Waals surface area (Å²) < 4.78 is 44.0. The third-order valence-electron chi connectivity index (χ3n) is 4.28. The smallest absolute Gasteiger partial charge is 0.377 e. The first-order valence-corrected chi connectivity index (χ1v) is 6.96. The Morgan fingerprint density at radius 3 is 2.81 bits per heavy atom. The Hall–Kier alpha value is -1.54. The molecular weight excluding hydrogens is 285 g/mol. The number of nitrogens with zero attached hydrogens (tertiary/aromatic N) is 3. The van der Waals surface area contributed by atoms with Crippen molar-refractivity contribution in [3.8, 4) is 0 Å². The average molecular weight is 300 g/mol. The standard InChI is InChI=1S/C13H15F3N4O/c14-13(15,16)8-3-10-12(18-4-8)19-2-1-17-5-11(19)20(10)9-6-21-7-9/h3-4,9,11,17H,1-2,5-7H2. The lowest BCUT2D eigenvalue weighted by atomic mass is 10.1. The minimum Gasteiger partial charge on any atom is -0.377 e. The van der Waals surface area contributed by atoms with Gasteiger partial charge in [0.15, 0.2) is 5.82 Å². The van der Waals surface area contributed by atoms with E-state index in [1.54, 1.807) is 0 Å². The van der Waals surface area contributed by atoms with Gasteiger partial charge in [-0.2, -0.15) is 13.2 Å². The Labute approximate surface area is 119 Å². The number of fused-ring (bicyclic) bond motifs is 3. The molecule has 5 nitrogen and oxygen atoms in total. The maximum Gasteiger partial charge on any atom is 0.417 e. The molecule has 0 aliphatic carbocycles. The zero-order valence-electron chi connectivity index (χ0n) is 11.2. The third-order valence-corrected chi connectivity index (χ3v) is 4.28. The molecule has 0 aromatic carbocycles. The third kappa shape index (κ3) is 1.96. The van der Waals surface area contributed by atoms with E-state index in [4.69, 9.17) is 4.74 Å². The minimum atomic E-state index is -4.37. The van der Waals surface area contributed by atoms with E-state index in [9.17, 15) is 13.2 Å². The molecule has 2 fully saturated rings. The quantitative estimate of drug-likeness (QED) is 0.840. The SMILES string of the molecule is FC(F)(F)c1cnc2c(c1)N(C1COC1)C1CNCCN21. The van der Waals surface area contributed by atoms with Crippen molar-refractivity contribution in [3.63, 3.8) is 0 Å². The number of anilines is 2. The molecule has 1 N–H and O–H groups in total. The van der Waals surface area contributed by atoms with Crippen LogP contribution in [-0.4, -0.2) is 50.0 Å². The molecule has 2 saturated heterocycles. The molecule has 8 heteroatoms. The van der Waals surface area contributed by atoms with Crippen LogP contribution in [0.3, 0.4) is 0 Å². The largest absolute Gasteiger partial charge is 0.417 e. The number of alkyl halides is 3. The summed E-state index contributed by atoms with van der Waals surface area (Å²) in [6, 6.07) is 1.35. The van der Waals surface area contributed by atoms with Crippen molar-refractivity contribution >= 4 is 11.5 Å². The van der Waals surface area contributed by atoms with Gasteiger partial charge in [0.25, 0.3) is 0 Å². The average Bonchev–Trinajstić information content (AvgIpc) is 2.71. The summed E-state index contributed by atoms with van der Waals surface area (Å²) in [5, 5.41) is 3.29. The van der Waals surface area contributed by atoms with Gasteiger partial charge in [0.05, 0.1) is 30.5 Å². The maximum absolute atomic E-state index is 12.9. The van der Waals surface area contributed by atoms with Gasteiger partial charge in [-0.15, -0.1) is 0 Å². The second-order valence-electron chi connectivity index (χ2n) is 5.54. The second-order valence-corrected chi connectivity index (χ2v) is 5.54. The van der Waals surface area contributed by atoms with Gasteiger partial charge in [-0.25, -0.2) is 4.98 Å². The number of aromatic nitrogens is 1. The summed E-state index contributed by atoms with van der Waals surface area (Å²) in [7, 11) is 0. The van der Waals surface area contributed by atoms with E-state index in [1.807, 2.05) is 4.90 Å². The van der Waals surface area contributed by atoms with Crippen molar-refractivity contribution in [2.45, 2.75) is 18.4 Å². The number of halogens is 3. The number of pyridine rings is 1. The molecule has 0 bridgehead atoms. The number of ether oxygens (including phenoxy) is 1. The Balaban J connectivity index is 1.78. The lowest BCUT2D eigenvalue weighted by Crippen LogP contribution is -2.62. The van der Waals surface area contributed by atoms with Crippen molar-refractivity contribution in [2.75, 3.05) is 42.6 Å². The molecule has 4 heterocycles. The van der Waals surface area contributed by atoms with E-state index < -0.39 is 11.7 Å². The van der Waals surface area contributed by atoms with E-state index in [2.05, 4.69) is 15.2 Å². The lowest BCUT2D eigenvalue weighted by molar-refractivity contribution is -0.137. The highest BCUT2D eigenvalue weighted by Crippen LogP contribution is 2.43. The van der Waals surface area contributed by atoms with Crippen LogP contribution in [0.4, 0.5) is 24.7 Å². The van der Waals surface area contributed by atoms with Crippen LogP contribution >= 0.6 is 0 Å². The normalized spacial score (nSPS) is 25.6. The van der Waals surface area contributed by atoms with Crippen LogP contribution in [0.2, 0.25) is 0 Å². The molecule has 1 atom stereocenters. The summed E-state index contributed by atoms with van der Waals surface area (Å²) in [4.78, 5) is 8.22. The first-order chi connectivity index (χ1) is 10.1. The fraction of sp³-hybridized carbons (Fsp3) is 0.615. The van der Waals surface area contributed by atoms with Crippen molar-refractivity contribution in [1.29, 1.82) is 0 Å². The zero-order valence-corrected chi connectivity index (χ0v) is 11.2. The van der Waals surface area contributed by atoms with E-state index in [-0.39, 0.29) is 12.2 Å². The Morgan fingerprint density at radius 2 is 2.14 bits per heavy atom.